The fourth-order valence-electron chi connectivity index (χ4n) is 3.16. The van der Waals surface area contributed by atoms with Gasteiger partial charge in [-0.15, -0.1) is 0 Å². The molecule has 1 saturated heterocycles. The van der Waals surface area contributed by atoms with E-state index < -0.39 is 0 Å². The first-order valence-electron chi connectivity index (χ1n) is 9.37. The van der Waals surface area contributed by atoms with Crippen LogP contribution in [-0.2, 0) is 17.9 Å². The molecule has 1 aliphatic rings. The van der Waals surface area contributed by atoms with Gasteiger partial charge in [0.05, 0.1) is 25.3 Å². The largest absolute Gasteiger partial charge is 0.493 e. The van der Waals surface area contributed by atoms with Gasteiger partial charge in [0.15, 0.2) is 11.5 Å². The summed E-state index contributed by atoms with van der Waals surface area (Å²) in [5, 5.41) is 2.88. The van der Waals surface area contributed by atoms with Gasteiger partial charge in [0.25, 0.3) is 0 Å². The molecule has 3 N–H and O–H groups in total. The van der Waals surface area contributed by atoms with E-state index in [0.29, 0.717) is 23.1 Å². The number of quaternary nitrogens is 2. The minimum absolute atomic E-state index is 0.401. The number of halogens is 1. The van der Waals surface area contributed by atoms with Gasteiger partial charge in [-0.05, 0) is 18.2 Å². The van der Waals surface area contributed by atoms with Gasteiger partial charge in [0.2, 0.25) is 0 Å². The molecule has 1 aliphatic heterocycles. The van der Waals surface area contributed by atoms with Crippen LogP contribution in [0.3, 0.4) is 0 Å². The minimum Gasteiger partial charge on any atom is -0.493 e. The van der Waals surface area contributed by atoms with Gasteiger partial charge in [-0.25, -0.2) is 0 Å². The van der Waals surface area contributed by atoms with Crippen LogP contribution in [-0.4, -0.2) is 51.5 Å². The number of ether oxygens (including phenoxy) is 3. The number of methoxy groups -OCH3 is 1. The van der Waals surface area contributed by atoms with Crippen LogP contribution in [0.15, 0.2) is 36.7 Å². The Morgan fingerprint density at radius 3 is 2.85 bits per heavy atom. The average Bonchev–Trinajstić information content (AvgIpc) is 2.71. The van der Waals surface area contributed by atoms with Gasteiger partial charge in [0, 0.05) is 23.5 Å². The molecule has 7 heteroatoms. The number of rotatable bonds is 9. The first-order valence-corrected chi connectivity index (χ1v) is 9.75. The first-order chi connectivity index (χ1) is 13.3. The molecule has 3 rings (SSSR count). The third-order valence-corrected chi connectivity index (χ3v) is 4.96. The molecule has 0 spiro atoms. The summed E-state index contributed by atoms with van der Waals surface area (Å²) in [5.41, 5.74) is 2.11. The van der Waals surface area contributed by atoms with Crippen LogP contribution in [0.25, 0.3) is 0 Å². The third kappa shape index (κ3) is 6.07. The summed E-state index contributed by atoms with van der Waals surface area (Å²) < 4.78 is 16.8. The number of hydrogen-bond acceptors (Lipinski definition) is 4. The molecule has 0 saturated carbocycles. The molecule has 146 valence electrons. The van der Waals surface area contributed by atoms with E-state index in [1.807, 2.05) is 24.3 Å². The molecule has 0 bridgehead atoms. The number of pyridine rings is 1. The van der Waals surface area contributed by atoms with Gasteiger partial charge in [0.1, 0.15) is 39.3 Å². The maximum absolute atomic E-state index is 6.46. The fourth-order valence-corrected chi connectivity index (χ4v) is 3.44. The summed E-state index contributed by atoms with van der Waals surface area (Å²) in [7, 11) is 1.64. The van der Waals surface area contributed by atoms with Gasteiger partial charge in [-0.2, -0.15) is 0 Å². The van der Waals surface area contributed by atoms with Crippen molar-refractivity contribution in [2.45, 2.75) is 13.2 Å². The summed E-state index contributed by atoms with van der Waals surface area (Å²) in [6, 6.07) is 7.81. The predicted molar refractivity (Wildman–Crippen MR) is 103 cm³/mol. The molecule has 0 amide bonds. The second kappa shape index (κ2) is 10.5. The monoisotopic (exact) mass is 393 g/mol. The van der Waals surface area contributed by atoms with Crippen molar-refractivity contribution in [1.29, 1.82) is 0 Å². The zero-order valence-electron chi connectivity index (χ0n) is 15.7. The molecule has 0 unspecified atom stereocenters. The number of nitrogens with zero attached hydrogens (tertiary/aromatic N) is 1. The number of hydrogen-bond donors (Lipinski definition) is 2. The molecule has 1 aromatic carbocycles. The number of nitrogens with one attached hydrogen (secondary N) is 1. The van der Waals surface area contributed by atoms with E-state index in [2.05, 4.69) is 10.3 Å². The number of benzene rings is 1. The van der Waals surface area contributed by atoms with Crippen LogP contribution in [0, 0.1) is 0 Å². The van der Waals surface area contributed by atoms with E-state index in [-0.39, 0.29) is 0 Å². The smallest absolute Gasteiger partial charge is 0.180 e. The Morgan fingerprint density at radius 2 is 2.11 bits per heavy atom. The van der Waals surface area contributed by atoms with Gasteiger partial charge in [-0.1, -0.05) is 17.7 Å². The highest BCUT2D eigenvalue weighted by molar-refractivity contribution is 6.32. The van der Waals surface area contributed by atoms with Crippen molar-refractivity contribution in [3.8, 4) is 11.5 Å². The molecular formula is C20H28ClN3O3+2. The van der Waals surface area contributed by atoms with E-state index >= 15 is 0 Å². The van der Waals surface area contributed by atoms with Gasteiger partial charge in [-0.3, -0.25) is 4.98 Å². The lowest BCUT2D eigenvalue weighted by Crippen LogP contribution is -3.16. The standard InChI is InChI=1S/C20H26ClN3O3/c1-25-19-12-17(14-23-5-6-24-7-9-26-10-8-24)11-18(21)20(19)27-15-16-3-2-4-22-13-16/h2-4,11-13,23H,5-10,14-15H2,1H3/p+2. The second-order valence-electron chi connectivity index (χ2n) is 6.65. The van der Waals surface area contributed by atoms with Crippen LogP contribution in [0.2, 0.25) is 5.02 Å². The van der Waals surface area contributed by atoms with E-state index in [1.165, 1.54) is 0 Å². The van der Waals surface area contributed by atoms with Crippen LogP contribution in [0.5, 0.6) is 11.5 Å². The molecule has 6 nitrogen and oxygen atoms in total. The zero-order chi connectivity index (χ0) is 18.9. The Kier molecular flexibility index (Phi) is 7.71. The molecular weight excluding hydrogens is 366 g/mol. The van der Waals surface area contributed by atoms with Crippen LogP contribution in [0.1, 0.15) is 11.1 Å². The minimum atomic E-state index is 0.401. The van der Waals surface area contributed by atoms with Gasteiger partial charge < -0.3 is 24.4 Å². The Balaban J connectivity index is 1.53. The number of aromatic nitrogens is 1. The first kappa shape index (κ1) is 19.9. The summed E-state index contributed by atoms with van der Waals surface area (Å²) in [6.45, 7) is 7.47. The van der Waals surface area contributed by atoms with Gasteiger partial charge >= 0.3 is 0 Å². The predicted octanol–water partition coefficient (Wildman–Crippen LogP) is 0.301. The summed E-state index contributed by atoms with van der Waals surface area (Å²) in [4.78, 5) is 5.71. The quantitative estimate of drug-likeness (QED) is 0.602. The summed E-state index contributed by atoms with van der Waals surface area (Å²) in [6.07, 6.45) is 3.52. The molecule has 2 heterocycles. The zero-order valence-corrected chi connectivity index (χ0v) is 16.5. The molecule has 1 aromatic heterocycles. The maximum Gasteiger partial charge on any atom is 0.180 e. The normalized spacial score (nSPS) is 14.9. The van der Waals surface area contributed by atoms with Crippen LogP contribution < -0.4 is 19.7 Å². The Labute approximate surface area is 165 Å². The summed E-state index contributed by atoms with van der Waals surface area (Å²) in [5.74, 6) is 1.23. The Hall–Kier alpha value is -1.86. The highest BCUT2D eigenvalue weighted by Gasteiger charge is 2.15. The maximum atomic E-state index is 6.46. The van der Waals surface area contributed by atoms with Crippen molar-refractivity contribution in [3.63, 3.8) is 0 Å². The average molecular weight is 394 g/mol. The van der Waals surface area contributed by atoms with E-state index in [9.17, 15) is 0 Å². The molecule has 0 atom stereocenters. The number of morpholine rings is 1. The number of nitrogens with two attached hydrogens (primary N) is 1. The van der Waals surface area contributed by atoms with Crippen molar-refractivity contribution >= 4 is 11.6 Å². The van der Waals surface area contributed by atoms with E-state index in [0.717, 1.165) is 57.1 Å². The SMILES string of the molecule is COc1cc(C[NH2+]CC[NH+]2CCOCC2)cc(Cl)c1OCc1cccnc1. The van der Waals surface area contributed by atoms with Crippen molar-refractivity contribution in [2.24, 2.45) is 0 Å². The van der Waals surface area contributed by atoms with Crippen molar-refractivity contribution in [1.82, 2.24) is 4.98 Å². The topological polar surface area (TPSA) is 61.6 Å². The van der Waals surface area contributed by atoms with E-state index in [1.54, 1.807) is 24.4 Å². The van der Waals surface area contributed by atoms with E-state index in [4.69, 9.17) is 25.8 Å². The van der Waals surface area contributed by atoms with Crippen molar-refractivity contribution < 1.29 is 24.4 Å². The molecule has 27 heavy (non-hydrogen) atoms. The van der Waals surface area contributed by atoms with Crippen molar-refractivity contribution in [2.75, 3.05) is 46.5 Å². The fraction of sp³-hybridized carbons (Fsp3) is 0.450. The highest BCUT2D eigenvalue weighted by atomic mass is 35.5. The van der Waals surface area contributed by atoms with Crippen molar-refractivity contribution in [3.05, 3.63) is 52.8 Å². The highest BCUT2D eigenvalue weighted by Crippen LogP contribution is 2.36. The summed E-state index contributed by atoms with van der Waals surface area (Å²) >= 11 is 6.46. The Morgan fingerprint density at radius 1 is 1.26 bits per heavy atom. The molecule has 0 aliphatic carbocycles. The lowest BCUT2D eigenvalue weighted by atomic mass is 10.2. The molecule has 0 radical (unpaired) electrons. The Bertz CT molecular complexity index is 709. The molecule has 1 fully saturated rings. The van der Waals surface area contributed by atoms with Crippen LogP contribution >= 0.6 is 11.6 Å². The van der Waals surface area contributed by atoms with Crippen LogP contribution in [0.4, 0.5) is 0 Å². The third-order valence-electron chi connectivity index (χ3n) is 4.68. The lowest BCUT2D eigenvalue weighted by Gasteiger charge is -2.22. The molecule has 2 aromatic rings. The lowest BCUT2D eigenvalue weighted by molar-refractivity contribution is -0.920. The second-order valence-corrected chi connectivity index (χ2v) is 7.06.